The van der Waals surface area contributed by atoms with Gasteiger partial charge in [0.2, 0.25) is 11.9 Å². The van der Waals surface area contributed by atoms with E-state index in [1.54, 1.807) is 36.4 Å². The Labute approximate surface area is 236 Å². The van der Waals surface area contributed by atoms with Gasteiger partial charge in [0.1, 0.15) is 11.6 Å². The smallest absolute Gasteiger partial charge is 0.416 e. The average molecular weight is 578 g/mol. The summed E-state index contributed by atoms with van der Waals surface area (Å²) in [7, 11) is 0. The maximum Gasteiger partial charge on any atom is 0.416 e. The Balaban J connectivity index is 1.40. The van der Waals surface area contributed by atoms with Gasteiger partial charge in [-0.05, 0) is 48.0 Å². The zero-order chi connectivity index (χ0) is 29.9. The zero-order valence-corrected chi connectivity index (χ0v) is 22.0. The van der Waals surface area contributed by atoms with Gasteiger partial charge >= 0.3 is 12.2 Å². The number of anilines is 3. The molecule has 1 aromatic heterocycles. The second-order valence-corrected chi connectivity index (χ2v) is 9.21. The number of benzene rings is 4. The van der Waals surface area contributed by atoms with Crippen molar-refractivity contribution in [2.24, 2.45) is 0 Å². The SMILES string of the molecule is CC(=O)Nc1nc2ccc(Oc3ccccc3NC(=O)Nc3cc(C(F)(F)F)ccc3F)cc2n1Cc1ccccc1. The number of halogens is 4. The van der Waals surface area contributed by atoms with Crippen LogP contribution in [-0.2, 0) is 17.5 Å². The molecule has 0 radical (unpaired) electrons. The van der Waals surface area contributed by atoms with E-state index in [0.29, 0.717) is 47.5 Å². The van der Waals surface area contributed by atoms with Crippen molar-refractivity contribution in [2.45, 2.75) is 19.6 Å². The molecule has 214 valence electrons. The predicted molar refractivity (Wildman–Crippen MR) is 150 cm³/mol. The van der Waals surface area contributed by atoms with Gasteiger partial charge in [-0.1, -0.05) is 42.5 Å². The van der Waals surface area contributed by atoms with Gasteiger partial charge in [-0.15, -0.1) is 0 Å². The first-order chi connectivity index (χ1) is 20.1. The first kappa shape index (κ1) is 28.1. The number of amides is 3. The summed E-state index contributed by atoms with van der Waals surface area (Å²) in [4.78, 5) is 29.0. The highest BCUT2D eigenvalue weighted by atomic mass is 19.4. The highest BCUT2D eigenvalue weighted by Crippen LogP contribution is 2.34. The number of hydrogen-bond donors (Lipinski definition) is 3. The molecule has 0 aliphatic carbocycles. The maximum absolute atomic E-state index is 14.1. The summed E-state index contributed by atoms with van der Waals surface area (Å²) in [5.41, 5.74) is 0.699. The molecule has 42 heavy (non-hydrogen) atoms. The number of imidazole rings is 1. The number of carbonyl (C=O) groups is 2. The van der Waals surface area contributed by atoms with Crippen LogP contribution in [0, 0.1) is 5.82 Å². The van der Waals surface area contributed by atoms with Crippen LogP contribution in [0.3, 0.4) is 0 Å². The van der Waals surface area contributed by atoms with E-state index in [1.165, 1.54) is 13.0 Å². The Morgan fingerprint density at radius 3 is 2.31 bits per heavy atom. The lowest BCUT2D eigenvalue weighted by molar-refractivity contribution is -0.137. The fourth-order valence-corrected chi connectivity index (χ4v) is 4.20. The number of alkyl halides is 3. The molecule has 0 saturated carbocycles. The molecule has 0 aliphatic rings. The number of ether oxygens (including phenoxy) is 1. The number of nitrogens with zero attached hydrogens (tertiary/aromatic N) is 2. The molecule has 4 aromatic carbocycles. The summed E-state index contributed by atoms with van der Waals surface area (Å²) >= 11 is 0. The van der Waals surface area contributed by atoms with Crippen molar-refractivity contribution in [3.8, 4) is 11.5 Å². The molecule has 8 nitrogen and oxygen atoms in total. The van der Waals surface area contributed by atoms with Gasteiger partial charge in [-0.25, -0.2) is 14.2 Å². The maximum atomic E-state index is 14.1. The Hall–Kier alpha value is -5.39. The first-order valence-electron chi connectivity index (χ1n) is 12.6. The van der Waals surface area contributed by atoms with Crippen LogP contribution in [0.15, 0.2) is 91.0 Å². The second-order valence-electron chi connectivity index (χ2n) is 9.21. The van der Waals surface area contributed by atoms with E-state index in [9.17, 15) is 27.2 Å². The molecule has 0 aliphatic heterocycles. The molecule has 3 N–H and O–H groups in total. The third-order valence-electron chi connectivity index (χ3n) is 6.10. The van der Waals surface area contributed by atoms with Crippen molar-refractivity contribution in [2.75, 3.05) is 16.0 Å². The van der Waals surface area contributed by atoms with Crippen molar-refractivity contribution in [1.82, 2.24) is 9.55 Å². The molecule has 0 saturated heterocycles. The Bertz CT molecular complexity index is 1770. The molecule has 0 fully saturated rings. The molecule has 0 atom stereocenters. The third kappa shape index (κ3) is 6.49. The molecular formula is C30H23F4N5O3. The van der Waals surface area contributed by atoms with Crippen molar-refractivity contribution in [3.63, 3.8) is 0 Å². The average Bonchev–Trinajstić information content (AvgIpc) is 3.26. The van der Waals surface area contributed by atoms with Crippen LogP contribution in [0.25, 0.3) is 11.0 Å². The number of carbonyl (C=O) groups excluding carboxylic acids is 2. The quantitative estimate of drug-likeness (QED) is 0.173. The van der Waals surface area contributed by atoms with E-state index in [1.807, 2.05) is 34.9 Å². The van der Waals surface area contributed by atoms with E-state index in [4.69, 9.17) is 4.74 Å². The lowest BCUT2D eigenvalue weighted by Gasteiger charge is -2.14. The summed E-state index contributed by atoms with van der Waals surface area (Å²) in [6.07, 6.45) is -4.71. The second kappa shape index (κ2) is 11.6. The fraction of sp³-hybridized carbons (Fsp3) is 0.100. The molecule has 3 amide bonds. The predicted octanol–water partition coefficient (Wildman–Crippen LogP) is 7.64. The number of urea groups is 1. The van der Waals surface area contributed by atoms with Gasteiger partial charge in [0.05, 0.1) is 34.5 Å². The van der Waals surface area contributed by atoms with Crippen LogP contribution in [0.4, 0.5) is 39.7 Å². The minimum atomic E-state index is -4.71. The number of para-hydroxylation sites is 2. The molecule has 1 heterocycles. The van der Waals surface area contributed by atoms with E-state index < -0.39 is 29.3 Å². The normalized spacial score (nSPS) is 11.3. The van der Waals surface area contributed by atoms with Crippen LogP contribution >= 0.6 is 0 Å². The lowest BCUT2D eigenvalue weighted by Crippen LogP contribution is -2.21. The van der Waals surface area contributed by atoms with Crippen LogP contribution in [0.5, 0.6) is 11.5 Å². The molecular weight excluding hydrogens is 554 g/mol. The van der Waals surface area contributed by atoms with Crippen molar-refractivity contribution >= 4 is 40.3 Å². The van der Waals surface area contributed by atoms with Gasteiger partial charge < -0.3 is 19.9 Å². The largest absolute Gasteiger partial charge is 0.455 e. The molecule has 0 bridgehead atoms. The number of rotatable bonds is 7. The fourth-order valence-electron chi connectivity index (χ4n) is 4.20. The molecule has 12 heteroatoms. The summed E-state index contributed by atoms with van der Waals surface area (Å²) in [5, 5.41) is 7.34. The van der Waals surface area contributed by atoms with E-state index in [2.05, 4.69) is 20.9 Å². The first-order valence-corrected chi connectivity index (χ1v) is 12.6. The molecule has 0 spiro atoms. The highest BCUT2D eigenvalue weighted by molar-refractivity contribution is 6.01. The minimum Gasteiger partial charge on any atom is -0.455 e. The van der Waals surface area contributed by atoms with Gasteiger partial charge in [-0.2, -0.15) is 13.2 Å². The van der Waals surface area contributed by atoms with Crippen molar-refractivity contribution in [1.29, 1.82) is 0 Å². The standard InChI is InChI=1S/C30H23F4N5O3/c1-18(40)35-28-36-23-14-12-21(16-26(23)39(28)17-19-7-3-2-4-8-19)42-27-10-6-5-9-24(27)37-29(41)38-25-15-20(30(32,33)34)11-13-22(25)31/h2-16H,17H2,1H3,(H,35,36,40)(H2,37,38,41). The highest BCUT2D eigenvalue weighted by Gasteiger charge is 2.31. The zero-order valence-electron chi connectivity index (χ0n) is 22.0. The summed E-state index contributed by atoms with van der Waals surface area (Å²) in [6.45, 7) is 1.81. The van der Waals surface area contributed by atoms with Crippen molar-refractivity contribution < 1.29 is 31.9 Å². The molecule has 5 aromatic rings. The van der Waals surface area contributed by atoms with E-state index >= 15 is 0 Å². The van der Waals surface area contributed by atoms with Crippen molar-refractivity contribution in [3.05, 3.63) is 108 Å². The Morgan fingerprint density at radius 2 is 1.57 bits per heavy atom. The topological polar surface area (TPSA) is 97.3 Å². The Morgan fingerprint density at radius 1 is 0.857 bits per heavy atom. The minimum absolute atomic E-state index is 0.180. The monoisotopic (exact) mass is 577 g/mol. The Kier molecular flexibility index (Phi) is 7.78. The number of aromatic nitrogens is 2. The van der Waals surface area contributed by atoms with E-state index in [-0.39, 0.29) is 17.3 Å². The van der Waals surface area contributed by atoms with Gasteiger partial charge in [0.15, 0.2) is 5.75 Å². The summed E-state index contributed by atoms with van der Waals surface area (Å²) in [6, 6.07) is 21.8. The van der Waals surface area contributed by atoms with Crippen LogP contribution in [-0.4, -0.2) is 21.5 Å². The lowest BCUT2D eigenvalue weighted by atomic mass is 10.2. The summed E-state index contributed by atoms with van der Waals surface area (Å²) < 4.78 is 61.1. The van der Waals surface area contributed by atoms with Gasteiger partial charge in [-0.3, -0.25) is 10.1 Å². The number of hydrogen-bond acceptors (Lipinski definition) is 4. The van der Waals surface area contributed by atoms with E-state index in [0.717, 1.165) is 5.56 Å². The summed E-state index contributed by atoms with van der Waals surface area (Å²) in [5.74, 6) is -0.349. The third-order valence-corrected chi connectivity index (χ3v) is 6.10. The van der Waals surface area contributed by atoms with Gasteiger partial charge in [0, 0.05) is 13.0 Å². The number of nitrogens with one attached hydrogen (secondary N) is 3. The van der Waals surface area contributed by atoms with Crippen LogP contribution in [0.1, 0.15) is 18.1 Å². The van der Waals surface area contributed by atoms with Gasteiger partial charge in [0.25, 0.3) is 0 Å². The van der Waals surface area contributed by atoms with Crippen LogP contribution < -0.4 is 20.7 Å². The molecule has 5 rings (SSSR count). The molecule has 0 unspecified atom stereocenters. The number of fused-ring (bicyclic) bond motifs is 1. The van der Waals surface area contributed by atoms with Crippen LogP contribution in [0.2, 0.25) is 0 Å².